The Hall–Kier alpha value is 0.210. The topological polar surface area (TPSA) is 23.8 Å². The third kappa shape index (κ3) is 6.08. The van der Waals surface area contributed by atoms with Gasteiger partial charge < -0.3 is 0 Å². The summed E-state index contributed by atoms with van der Waals surface area (Å²) in [5, 5.41) is 9.16. The first-order valence-corrected chi connectivity index (χ1v) is 11.0. The van der Waals surface area contributed by atoms with Gasteiger partial charge in [0.25, 0.3) is 0 Å². The molecule has 102 valence electrons. The summed E-state index contributed by atoms with van der Waals surface area (Å²) >= 11 is 7.14. The van der Waals surface area contributed by atoms with Crippen LogP contribution in [0.15, 0.2) is 0 Å². The molecular formula is C14H29ClNP. The molecule has 0 bridgehead atoms. The number of hydrogen-bond donors (Lipinski definition) is 0. The zero-order chi connectivity index (χ0) is 13.2. The molecule has 0 heterocycles. The molecule has 3 heteroatoms. The minimum atomic E-state index is -2.23. The second-order valence-electron chi connectivity index (χ2n) is 5.37. The molecule has 17 heavy (non-hydrogen) atoms. The minimum absolute atomic E-state index is 0.632. The van der Waals surface area contributed by atoms with Crippen LogP contribution in [0.2, 0.25) is 0 Å². The van der Waals surface area contributed by atoms with E-state index < -0.39 is 5.96 Å². The molecular weight excluding hydrogens is 249 g/mol. The van der Waals surface area contributed by atoms with Crippen LogP contribution in [-0.4, -0.2) is 24.6 Å². The Morgan fingerprint density at radius 2 is 1.24 bits per heavy atom. The molecule has 0 aromatic carbocycles. The summed E-state index contributed by atoms with van der Waals surface area (Å²) in [6.45, 7) is 6.64. The Bertz CT molecular complexity index is 223. The van der Waals surface area contributed by atoms with Crippen molar-refractivity contribution < 1.29 is 0 Å². The predicted octanol–water partition coefficient (Wildman–Crippen LogP) is 5.62. The van der Waals surface area contributed by atoms with Crippen LogP contribution in [0.5, 0.6) is 0 Å². The molecule has 0 rings (SSSR count). The van der Waals surface area contributed by atoms with E-state index in [0.29, 0.717) is 6.16 Å². The molecule has 0 amide bonds. The second kappa shape index (κ2) is 8.34. The van der Waals surface area contributed by atoms with Crippen LogP contribution >= 0.6 is 17.2 Å². The van der Waals surface area contributed by atoms with Crippen LogP contribution in [0, 0.1) is 11.3 Å². The van der Waals surface area contributed by atoms with Crippen LogP contribution in [-0.2, 0) is 0 Å². The van der Waals surface area contributed by atoms with Crippen molar-refractivity contribution in [3.63, 3.8) is 0 Å². The SMILES string of the molecule is CCCCP(Cl)(CC#N)(CCCC)CCCC. The fourth-order valence-electron chi connectivity index (χ4n) is 2.41. The Balaban J connectivity index is 4.84. The van der Waals surface area contributed by atoms with Gasteiger partial charge in [-0.3, -0.25) is 0 Å². The van der Waals surface area contributed by atoms with E-state index in [-0.39, 0.29) is 0 Å². The molecule has 0 fully saturated rings. The van der Waals surface area contributed by atoms with Crippen molar-refractivity contribution in [3.8, 4) is 6.07 Å². The molecule has 0 aliphatic carbocycles. The Kier molecular flexibility index (Phi) is 8.44. The molecule has 0 unspecified atom stereocenters. The molecule has 0 aromatic heterocycles. The van der Waals surface area contributed by atoms with Crippen LogP contribution in [0.3, 0.4) is 0 Å². The number of hydrogen-bond acceptors (Lipinski definition) is 1. The van der Waals surface area contributed by atoms with E-state index in [1.807, 2.05) is 0 Å². The molecule has 0 radical (unpaired) electrons. The summed E-state index contributed by atoms with van der Waals surface area (Å²) in [5.41, 5.74) is 0. The molecule has 0 aromatic rings. The molecule has 0 saturated carbocycles. The van der Waals surface area contributed by atoms with E-state index in [1.165, 1.54) is 38.5 Å². The summed E-state index contributed by atoms with van der Waals surface area (Å²) in [4.78, 5) is 0. The Morgan fingerprint density at radius 1 is 0.882 bits per heavy atom. The summed E-state index contributed by atoms with van der Waals surface area (Å²) < 4.78 is 0. The average molecular weight is 278 g/mol. The third-order valence-electron chi connectivity index (χ3n) is 3.68. The summed E-state index contributed by atoms with van der Waals surface area (Å²) in [7, 11) is 0. The second-order valence-corrected chi connectivity index (χ2v) is 13.5. The first kappa shape index (κ1) is 17.2. The molecule has 0 aliphatic heterocycles. The van der Waals surface area contributed by atoms with Crippen molar-refractivity contribution in [2.45, 2.75) is 59.3 Å². The number of nitrogens with zero attached hydrogens (tertiary/aromatic N) is 1. The van der Waals surface area contributed by atoms with Gasteiger partial charge in [-0.05, 0) is 0 Å². The number of rotatable bonds is 10. The van der Waals surface area contributed by atoms with Gasteiger partial charge in [0.05, 0.1) is 0 Å². The molecule has 0 atom stereocenters. The summed E-state index contributed by atoms with van der Waals surface area (Å²) in [5.74, 6) is -2.23. The van der Waals surface area contributed by atoms with Crippen LogP contribution in [0.25, 0.3) is 0 Å². The molecule has 0 N–H and O–H groups in total. The van der Waals surface area contributed by atoms with Crippen molar-refractivity contribution >= 4 is 17.2 Å². The van der Waals surface area contributed by atoms with Gasteiger partial charge in [-0.2, -0.15) is 0 Å². The summed E-state index contributed by atoms with van der Waals surface area (Å²) in [6.07, 6.45) is 11.1. The zero-order valence-corrected chi connectivity index (χ0v) is 13.5. The normalized spacial score (nSPS) is 13.9. The summed E-state index contributed by atoms with van der Waals surface area (Å²) in [6, 6.07) is 2.40. The van der Waals surface area contributed by atoms with Gasteiger partial charge in [0.1, 0.15) is 0 Å². The third-order valence-corrected chi connectivity index (χ3v) is 10.8. The molecule has 1 nitrogen and oxygen atoms in total. The van der Waals surface area contributed by atoms with Crippen molar-refractivity contribution in [1.29, 1.82) is 5.26 Å². The standard InChI is InChI=1S/C14H29ClNP/c1-4-7-11-17(15,14-10-16,12-8-5-2)13-9-6-3/h4-9,11-14H2,1-3H3. The van der Waals surface area contributed by atoms with Gasteiger partial charge in [-0.15, -0.1) is 0 Å². The number of nitriles is 1. The fraction of sp³-hybridized carbons (Fsp3) is 0.929. The van der Waals surface area contributed by atoms with E-state index in [2.05, 4.69) is 26.8 Å². The van der Waals surface area contributed by atoms with E-state index in [4.69, 9.17) is 16.5 Å². The van der Waals surface area contributed by atoms with Crippen LogP contribution in [0.4, 0.5) is 0 Å². The van der Waals surface area contributed by atoms with E-state index in [0.717, 1.165) is 18.5 Å². The first-order valence-electron chi connectivity index (χ1n) is 7.13. The average Bonchev–Trinajstić information content (AvgIpc) is 2.33. The van der Waals surface area contributed by atoms with Gasteiger partial charge in [-0.25, -0.2) is 0 Å². The maximum absolute atomic E-state index is 9.16. The Morgan fingerprint density at radius 3 is 1.47 bits per heavy atom. The van der Waals surface area contributed by atoms with Crippen molar-refractivity contribution in [1.82, 2.24) is 0 Å². The van der Waals surface area contributed by atoms with Gasteiger partial charge >= 0.3 is 112 Å². The number of unbranched alkanes of at least 4 members (excludes halogenated alkanes) is 3. The number of halogens is 1. The molecule has 0 aliphatic rings. The van der Waals surface area contributed by atoms with Gasteiger partial charge in [0.2, 0.25) is 0 Å². The maximum atomic E-state index is 9.16. The van der Waals surface area contributed by atoms with E-state index in [9.17, 15) is 0 Å². The Labute approximate surface area is 113 Å². The van der Waals surface area contributed by atoms with Gasteiger partial charge in [0.15, 0.2) is 0 Å². The van der Waals surface area contributed by atoms with Crippen molar-refractivity contribution in [3.05, 3.63) is 0 Å². The van der Waals surface area contributed by atoms with Gasteiger partial charge in [-0.1, -0.05) is 0 Å². The first-order chi connectivity index (χ1) is 8.04. The fourth-order valence-corrected chi connectivity index (χ4v) is 8.46. The quantitative estimate of drug-likeness (QED) is 0.476. The van der Waals surface area contributed by atoms with Crippen LogP contribution < -0.4 is 0 Å². The van der Waals surface area contributed by atoms with Gasteiger partial charge in [0, 0.05) is 0 Å². The monoisotopic (exact) mass is 277 g/mol. The molecule has 0 saturated heterocycles. The van der Waals surface area contributed by atoms with E-state index >= 15 is 0 Å². The zero-order valence-electron chi connectivity index (χ0n) is 11.8. The van der Waals surface area contributed by atoms with Crippen molar-refractivity contribution in [2.75, 3.05) is 24.6 Å². The predicted molar refractivity (Wildman–Crippen MR) is 82.6 cm³/mol. The molecule has 0 spiro atoms. The van der Waals surface area contributed by atoms with E-state index in [1.54, 1.807) is 0 Å². The van der Waals surface area contributed by atoms with Crippen LogP contribution in [0.1, 0.15) is 59.3 Å². The van der Waals surface area contributed by atoms with Crippen molar-refractivity contribution in [2.24, 2.45) is 0 Å².